The van der Waals surface area contributed by atoms with Gasteiger partial charge in [0, 0.05) is 110 Å². The van der Waals surface area contributed by atoms with Crippen LogP contribution in [0.15, 0.2) is 81.8 Å². The quantitative estimate of drug-likeness (QED) is 0.0330. The van der Waals surface area contributed by atoms with Crippen LogP contribution < -0.4 is 31.4 Å². The highest BCUT2D eigenvalue weighted by molar-refractivity contribution is 6.40. The summed E-state index contributed by atoms with van der Waals surface area (Å²) in [6.45, 7) is 29.6. The second-order valence-electron chi connectivity index (χ2n) is 35.9. The van der Waals surface area contributed by atoms with Gasteiger partial charge in [-0.1, -0.05) is 153 Å². The Balaban J connectivity index is 0.771. The summed E-state index contributed by atoms with van der Waals surface area (Å²) in [5.74, 6) is -15.3. The maximum atomic E-state index is 16.7. The molecule has 3 aliphatic heterocycles. The number of amides is 3. The molecule has 728 valence electrons. The smallest absolute Gasteiger partial charge is 0.276 e. The molecule has 0 unspecified atom stereocenters. The summed E-state index contributed by atoms with van der Waals surface area (Å²) in [6.07, 6.45) is 8.14. The molecule has 3 amide bonds. The van der Waals surface area contributed by atoms with Gasteiger partial charge in [-0.3, -0.25) is 57.4 Å². The van der Waals surface area contributed by atoms with Gasteiger partial charge in [0.25, 0.3) is 16.7 Å². The molecule has 3 aromatic carbocycles. The zero-order valence-electron chi connectivity index (χ0n) is 77.6. The van der Waals surface area contributed by atoms with Gasteiger partial charge in [0.15, 0.2) is 34.9 Å². The van der Waals surface area contributed by atoms with E-state index in [0.717, 1.165) is 13.7 Å². The number of aryl methyl sites for hydroxylation is 3. The Morgan fingerprint density at radius 3 is 0.936 bits per heavy atom. The fraction of sp³-hybridized carbons (Fsp3) is 0.303. The fourth-order valence-electron chi connectivity index (χ4n) is 19.4. The van der Waals surface area contributed by atoms with Gasteiger partial charge < -0.3 is 44.7 Å². The van der Waals surface area contributed by atoms with Crippen LogP contribution in [0.3, 0.4) is 0 Å². The Labute approximate surface area is 847 Å². The average Bonchev–Trinajstić information content (AvgIpc) is 0.725. The first-order chi connectivity index (χ1) is 66.5. The largest absolute Gasteiger partial charge is 0.505 e. The molecule has 3 N–H and O–H groups in total. The molecule has 3 aliphatic rings. The van der Waals surface area contributed by atoms with Crippen LogP contribution in [0.5, 0.6) is 17.2 Å². The number of phenolic OH excluding ortho intramolecular Hbond substituents is 3. The lowest BCUT2D eigenvalue weighted by molar-refractivity contribution is -0.131. The molecule has 3 fully saturated rings. The number of aromatic hydroxyl groups is 3. The van der Waals surface area contributed by atoms with E-state index in [9.17, 15) is 40.7 Å². The number of piperazine rings is 3. The lowest BCUT2D eigenvalue weighted by atomic mass is 10.00. The van der Waals surface area contributed by atoms with Crippen molar-refractivity contribution in [2.75, 3.05) is 54.0 Å². The molecule has 6 atom stereocenters. The number of phenols is 3. The van der Waals surface area contributed by atoms with E-state index in [1.54, 1.807) is 138 Å². The first-order valence-corrected chi connectivity index (χ1v) is 47.3. The molecule has 12 aromatic rings. The molecular weight excluding hydrogens is 2020 g/mol. The van der Waals surface area contributed by atoms with E-state index in [1.165, 1.54) is 54.8 Å². The molecule has 3 saturated heterocycles. The van der Waals surface area contributed by atoms with Crippen molar-refractivity contribution < 1.29 is 56.0 Å². The van der Waals surface area contributed by atoms with Crippen LogP contribution in [0, 0.1) is 89.7 Å². The van der Waals surface area contributed by atoms with E-state index < -0.39 is 209 Å². The van der Waals surface area contributed by atoms with E-state index in [2.05, 4.69) is 29.8 Å². The van der Waals surface area contributed by atoms with E-state index >= 15 is 45.5 Å². The molecule has 0 bridgehead atoms. The predicted octanol–water partition coefficient (Wildman–Crippen LogP) is 21.6. The van der Waals surface area contributed by atoms with Crippen LogP contribution in [-0.2, 0) is 14.4 Å². The van der Waals surface area contributed by atoms with Gasteiger partial charge in [-0.25, -0.2) is 41.3 Å². The lowest BCUT2D eigenvalue weighted by Crippen LogP contribution is -2.58. The van der Waals surface area contributed by atoms with Crippen molar-refractivity contribution in [3.63, 3.8) is 0 Å². The Morgan fingerprint density at radius 2 is 0.674 bits per heavy atom. The van der Waals surface area contributed by atoms with Crippen LogP contribution in [0.25, 0.3) is 96.1 Å². The maximum Gasteiger partial charge on any atom is 0.276 e. The number of anilines is 3. The number of aromatic nitrogens is 9. The fourth-order valence-corrected chi connectivity index (χ4v) is 21.5. The van der Waals surface area contributed by atoms with Gasteiger partial charge in [-0.15, -0.1) is 0 Å². The Morgan fingerprint density at radius 1 is 0.404 bits per heavy atom. The van der Waals surface area contributed by atoms with Crippen molar-refractivity contribution in [2.24, 2.45) is 0 Å². The zero-order chi connectivity index (χ0) is 103. The van der Waals surface area contributed by atoms with Crippen molar-refractivity contribution in [3.05, 3.63) is 240 Å². The number of halogens is 15. The second-order valence-corrected chi connectivity index (χ2v) is 39.4. The van der Waals surface area contributed by atoms with Crippen molar-refractivity contribution >= 4 is 184 Å². The standard InChI is InChI=1S/C99H83Cl9F6N18O9/c1-17-61(133)127-44(11)32-124(33-45(127)12)89-53-27-59(101)83(65-74(110)68(104)77(113)71(107)92(65)137)122-95(53)131(98(140)56(89)30-116)86-42(9)24-50(119-80(86)39(4)5)19-21-63(135)129-48(15)36-126(37-49(129)16)90-54-28-60(102)84(66-75(111)69(105)78(114)72(108)93(66)138)123-96(54)132(99(141)57(90)31-117)87-43(10)25-51(120-81(87)40(6)7)18-20-62(134)128-46(13)34-125(35-47(128)14)88-52-26-58(100)82(64-73(109)67(103)76(112)70(106)91(64)136)121-94(52)130(97(139)55(88)29-115)85-41(8)22-23-118-79(85)38(2)3/h17-28,38-40,44-49,136-138H,1,32-37H2,2-16H3/b20-18-,21-19-/t44-,45+,46-,47+,48-,49+. The Bertz CT molecular complexity index is 7770. The summed E-state index contributed by atoms with van der Waals surface area (Å²) in [5.41, 5.74) is -6.33. The van der Waals surface area contributed by atoms with Gasteiger partial charge in [0.05, 0.1) is 111 Å². The summed E-state index contributed by atoms with van der Waals surface area (Å²) in [4.78, 5) is 129. The molecule has 12 heterocycles. The summed E-state index contributed by atoms with van der Waals surface area (Å²) in [5, 5.41) is 60.6. The van der Waals surface area contributed by atoms with Crippen LogP contribution in [0.4, 0.5) is 43.4 Å². The van der Waals surface area contributed by atoms with Gasteiger partial charge in [-0.05, 0) is 151 Å². The average molecular weight is 2100 g/mol. The molecule has 27 nitrogen and oxygen atoms in total. The number of hydrogen-bond acceptors (Lipinski definition) is 21. The molecular formula is C99H83Cl9F6N18O9. The first kappa shape index (κ1) is 103. The second kappa shape index (κ2) is 39.3. The molecule has 0 saturated carbocycles. The van der Waals surface area contributed by atoms with Crippen molar-refractivity contribution in [1.82, 2.24) is 58.3 Å². The summed E-state index contributed by atoms with van der Waals surface area (Å²) in [7, 11) is 0. The topological polar surface area (TPSA) is 346 Å². The van der Waals surface area contributed by atoms with Crippen LogP contribution in [-0.4, -0.2) is 167 Å². The van der Waals surface area contributed by atoms with Crippen molar-refractivity contribution in [2.45, 2.75) is 158 Å². The highest BCUT2D eigenvalue weighted by atomic mass is 35.5. The summed E-state index contributed by atoms with van der Waals surface area (Å²) < 4.78 is 98.3. The monoisotopic (exact) mass is 2100 g/mol. The lowest BCUT2D eigenvalue weighted by Gasteiger charge is -2.45. The minimum atomic E-state index is -1.54. The molecule has 9 aromatic heterocycles. The van der Waals surface area contributed by atoms with Gasteiger partial charge in [0.2, 0.25) is 17.7 Å². The molecule has 0 radical (unpaired) electrons. The number of pyridine rings is 9. The van der Waals surface area contributed by atoms with E-state index in [-0.39, 0.29) is 162 Å². The molecule has 42 heteroatoms. The predicted molar refractivity (Wildman–Crippen MR) is 534 cm³/mol. The third-order valence-corrected chi connectivity index (χ3v) is 28.3. The maximum absolute atomic E-state index is 16.7. The molecule has 0 aliphatic carbocycles. The number of benzene rings is 3. The van der Waals surface area contributed by atoms with E-state index in [4.69, 9.17) is 129 Å². The highest BCUT2D eigenvalue weighted by Gasteiger charge is 2.43. The number of fused-ring (bicyclic) bond motifs is 3. The highest BCUT2D eigenvalue weighted by Crippen LogP contribution is 2.52. The zero-order valence-corrected chi connectivity index (χ0v) is 84.4. The molecule has 141 heavy (non-hydrogen) atoms. The summed E-state index contributed by atoms with van der Waals surface area (Å²) >= 11 is 58.2. The normalized spacial score (nSPS) is 17.0. The summed E-state index contributed by atoms with van der Waals surface area (Å²) in [6, 6.07) is 10.9. The van der Waals surface area contributed by atoms with E-state index in [0.29, 0.717) is 16.8 Å². The number of rotatable bonds is 17. The van der Waals surface area contributed by atoms with Crippen LogP contribution >= 0.6 is 104 Å². The Kier molecular flexibility index (Phi) is 28.6. The first-order valence-electron chi connectivity index (χ1n) is 43.9. The minimum absolute atomic E-state index is 0.0183. The SMILES string of the molecule is C=CC(=O)N1[C@H](C)CN(c2c(C#N)c(=O)n(-c3c(C)cc(/C=C\C(=O)N4[C@H](C)CN(c5c(C#N)c(=O)n(-c6c(C)cc(/C=C\C(=O)N7[C@H](C)CN(c8c(C#N)c(=O)n(-c9c(C)ccnc9C(C)C)c9nc(-c%10c(O)c(Cl)c(F)c(Cl)c%10F)c(Cl)cc89)C[C@@H]7C)nc6C(C)C)c6nc(-c7c(O)c(Cl)c(F)c(Cl)c7F)c(Cl)cc56)C[C@@H]4C)nc3C(C)C)c3nc(-c4c(O)c(Cl)c(F)c(Cl)c4F)c(Cl)cc23)C[C@@H]1C. The van der Waals surface area contributed by atoms with Crippen molar-refractivity contribution in [1.29, 1.82) is 15.8 Å². The number of carbonyl (C=O) groups excluding carboxylic acids is 3. The number of hydrogen-bond donors (Lipinski definition) is 3. The molecule has 0 spiro atoms. The third kappa shape index (κ3) is 17.4. The molecule has 15 rings (SSSR count). The van der Waals surface area contributed by atoms with E-state index in [1.807, 2.05) is 13.8 Å². The number of nitriles is 3. The number of carbonyl (C=O) groups is 3. The third-order valence-electron chi connectivity index (χ3n) is 25.4. The van der Waals surface area contributed by atoms with Crippen LogP contribution in [0.2, 0.25) is 45.2 Å². The van der Waals surface area contributed by atoms with Gasteiger partial charge in [-0.2, -0.15) is 15.8 Å². The van der Waals surface area contributed by atoms with Gasteiger partial charge in [0.1, 0.15) is 99.2 Å². The van der Waals surface area contributed by atoms with Crippen LogP contribution in [0.1, 0.15) is 163 Å². The Hall–Kier alpha value is -12.7. The van der Waals surface area contributed by atoms with Crippen molar-refractivity contribution in [3.8, 4) is 86.3 Å². The minimum Gasteiger partial charge on any atom is -0.505 e. The van der Waals surface area contributed by atoms with Gasteiger partial charge >= 0.3 is 0 Å². The number of nitrogens with zero attached hydrogens (tertiary/aromatic N) is 18.